The van der Waals surface area contributed by atoms with Crippen LogP contribution in [0.4, 0.5) is 0 Å². The first-order valence-electron chi connectivity index (χ1n) is 6.18. The van der Waals surface area contributed by atoms with E-state index in [2.05, 4.69) is 19.1 Å². The third kappa shape index (κ3) is 0.853. The van der Waals surface area contributed by atoms with Gasteiger partial charge < -0.3 is 9.47 Å². The predicted molar refractivity (Wildman–Crippen MR) is 56.3 cm³/mol. The molecule has 8 atom stereocenters. The van der Waals surface area contributed by atoms with Crippen molar-refractivity contribution in [2.75, 3.05) is 7.11 Å². The lowest BCUT2D eigenvalue weighted by atomic mass is 9.69. The van der Waals surface area contributed by atoms with Crippen LogP contribution in [0, 0.1) is 29.6 Å². The first-order chi connectivity index (χ1) is 7.31. The first-order valence-corrected chi connectivity index (χ1v) is 6.18. The maximum absolute atomic E-state index is 6.17. The van der Waals surface area contributed by atoms with Crippen molar-refractivity contribution in [2.45, 2.75) is 31.7 Å². The maximum atomic E-state index is 6.17. The normalized spacial score (nSPS) is 64.1. The number of methoxy groups -OCH3 is 1. The number of hydrogen-bond donors (Lipinski definition) is 0. The highest BCUT2D eigenvalue weighted by atomic mass is 16.6. The van der Waals surface area contributed by atoms with Gasteiger partial charge in [-0.2, -0.15) is 0 Å². The minimum atomic E-state index is 0.351. The van der Waals surface area contributed by atoms with Crippen LogP contribution in [0.5, 0.6) is 0 Å². The van der Waals surface area contributed by atoms with Gasteiger partial charge in [-0.1, -0.05) is 19.1 Å². The van der Waals surface area contributed by atoms with E-state index in [0.29, 0.717) is 24.2 Å². The summed E-state index contributed by atoms with van der Waals surface area (Å²) < 4.78 is 11.8. The van der Waals surface area contributed by atoms with Crippen LogP contribution in [0.15, 0.2) is 12.2 Å². The molecular formula is C13H18O2. The molecule has 3 fully saturated rings. The second-order valence-electron chi connectivity index (χ2n) is 5.73. The number of hydrogen-bond acceptors (Lipinski definition) is 2. The molecule has 8 unspecified atom stereocenters. The molecule has 1 saturated carbocycles. The highest BCUT2D eigenvalue weighted by Crippen LogP contribution is 2.61. The van der Waals surface area contributed by atoms with Gasteiger partial charge in [0, 0.05) is 13.0 Å². The number of allylic oxidation sites excluding steroid dienone is 2. The zero-order chi connectivity index (χ0) is 10.2. The lowest BCUT2D eigenvalue weighted by molar-refractivity contribution is -0.00938. The number of ether oxygens (including phenoxy) is 2. The third-order valence-corrected chi connectivity index (χ3v) is 5.29. The second kappa shape index (κ2) is 2.67. The van der Waals surface area contributed by atoms with Crippen molar-refractivity contribution in [3.63, 3.8) is 0 Å². The van der Waals surface area contributed by atoms with Gasteiger partial charge in [0.15, 0.2) is 0 Å². The molecule has 2 saturated heterocycles. The molecule has 2 heterocycles. The summed E-state index contributed by atoms with van der Waals surface area (Å²) in [6.07, 6.45) is 7.46. The van der Waals surface area contributed by atoms with Gasteiger partial charge in [0.05, 0.1) is 18.3 Å². The minimum Gasteiger partial charge on any atom is -0.378 e. The maximum Gasteiger partial charge on any atom is 0.0886 e. The van der Waals surface area contributed by atoms with Crippen molar-refractivity contribution in [1.82, 2.24) is 0 Å². The van der Waals surface area contributed by atoms with Gasteiger partial charge in [-0.25, -0.2) is 0 Å². The fraction of sp³-hybridized carbons (Fsp3) is 0.846. The molecule has 2 aliphatic carbocycles. The molecule has 4 bridgehead atoms. The fourth-order valence-corrected chi connectivity index (χ4v) is 4.79. The van der Waals surface area contributed by atoms with Gasteiger partial charge in [0.2, 0.25) is 0 Å². The highest BCUT2D eigenvalue weighted by molar-refractivity contribution is 5.22. The summed E-state index contributed by atoms with van der Waals surface area (Å²) in [5.41, 5.74) is 0. The van der Waals surface area contributed by atoms with Crippen molar-refractivity contribution >= 4 is 0 Å². The van der Waals surface area contributed by atoms with Gasteiger partial charge in [-0.15, -0.1) is 0 Å². The SMILES string of the molecule is COC1C(C)C2OC1C1C3C=CC(C3)C21. The van der Waals surface area contributed by atoms with Gasteiger partial charge in [-0.3, -0.25) is 0 Å². The van der Waals surface area contributed by atoms with Crippen LogP contribution in [-0.4, -0.2) is 25.4 Å². The zero-order valence-corrected chi connectivity index (χ0v) is 9.30. The van der Waals surface area contributed by atoms with Crippen LogP contribution in [-0.2, 0) is 9.47 Å². The number of fused-ring (bicyclic) bond motifs is 9. The monoisotopic (exact) mass is 206 g/mol. The Morgan fingerprint density at radius 3 is 2.47 bits per heavy atom. The van der Waals surface area contributed by atoms with Crippen molar-refractivity contribution < 1.29 is 9.47 Å². The molecule has 0 N–H and O–H groups in total. The van der Waals surface area contributed by atoms with Gasteiger partial charge >= 0.3 is 0 Å². The molecule has 2 nitrogen and oxygen atoms in total. The molecule has 0 aromatic carbocycles. The highest BCUT2D eigenvalue weighted by Gasteiger charge is 2.65. The standard InChI is InChI=1S/C13H18O2/c1-6-11-9-7-3-4-8(5-7)10(9)13(15-11)12(6)14-2/h3-4,6-13H,5H2,1-2H3. The van der Waals surface area contributed by atoms with Gasteiger partial charge in [-0.05, 0) is 30.1 Å². The summed E-state index contributed by atoms with van der Waals surface area (Å²) >= 11 is 0. The van der Waals surface area contributed by atoms with Crippen molar-refractivity contribution in [3.05, 3.63) is 12.2 Å². The summed E-state index contributed by atoms with van der Waals surface area (Å²) in [6.45, 7) is 2.30. The van der Waals surface area contributed by atoms with E-state index in [1.54, 1.807) is 0 Å². The summed E-state index contributed by atoms with van der Waals surface area (Å²) in [4.78, 5) is 0. The largest absolute Gasteiger partial charge is 0.378 e. The third-order valence-electron chi connectivity index (χ3n) is 5.29. The molecule has 0 spiro atoms. The second-order valence-corrected chi connectivity index (χ2v) is 5.73. The van der Waals surface area contributed by atoms with Crippen LogP contribution in [0.25, 0.3) is 0 Å². The average Bonchev–Trinajstić information content (AvgIpc) is 2.94. The summed E-state index contributed by atoms with van der Waals surface area (Å²) in [7, 11) is 1.84. The molecule has 0 aromatic rings. The smallest absolute Gasteiger partial charge is 0.0886 e. The molecule has 0 radical (unpaired) electrons. The molecule has 4 rings (SSSR count). The minimum absolute atomic E-state index is 0.351. The summed E-state index contributed by atoms with van der Waals surface area (Å²) in [5, 5.41) is 0. The Morgan fingerprint density at radius 2 is 1.80 bits per heavy atom. The van der Waals surface area contributed by atoms with Crippen molar-refractivity contribution in [2.24, 2.45) is 29.6 Å². The average molecular weight is 206 g/mol. The van der Waals surface area contributed by atoms with Crippen LogP contribution >= 0.6 is 0 Å². The molecule has 2 heteroatoms. The number of rotatable bonds is 1. The Morgan fingerprint density at radius 1 is 1.13 bits per heavy atom. The van der Waals surface area contributed by atoms with Crippen LogP contribution in [0.1, 0.15) is 13.3 Å². The van der Waals surface area contributed by atoms with E-state index in [0.717, 1.165) is 23.7 Å². The fourth-order valence-electron chi connectivity index (χ4n) is 4.79. The van der Waals surface area contributed by atoms with E-state index >= 15 is 0 Å². The Bertz CT molecular complexity index is 324. The van der Waals surface area contributed by atoms with Crippen LogP contribution < -0.4 is 0 Å². The predicted octanol–water partition coefficient (Wildman–Crippen LogP) is 1.86. The van der Waals surface area contributed by atoms with Crippen molar-refractivity contribution in [3.8, 4) is 0 Å². The van der Waals surface area contributed by atoms with E-state index in [4.69, 9.17) is 9.47 Å². The van der Waals surface area contributed by atoms with Crippen LogP contribution in [0.2, 0.25) is 0 Å². The van der Waals surface area contributed by atoms with E-state index in [9.17, 15) is 0 Å². The quantitative estimate of drug-likeness (QED) is 0.610. The topological polar surface area (TPSA) is 18.5 Å². The van der Waals surface area contributed by atoms with E-state index in [1.807, 2.05) is 7.11 Å². The lowest BCUT2D eigenvalue weighted by Gasteiger charge is -2.36. The Hall–Kier alpha value is -0.340. The molecular weight excluding hydrogens is 188 g/mol. The lowest BCUT2D eigenvalue weighted by Crippen LogP contribution is -2.44. The van der Waals surface area contributed by atoms with E-state index in [1.165, 1.54) is 6.42 Å². The summed E-state index contributed by atoms with van der Waals surface area (Å²) in [6, 6.07) is 0. The Labute approximate surface area is 90.6 Å². The molecule has 2 aliphatic heterocycles. The zero-order valence-electron chi connectivity index (χ0n) is 9.30. The Balaban J connectivity index is 1.73. The van der Waals surface area contributed by atoms with E-state index in [-0.39, 0.29) is 0 Å². The van der Waals surface area contributed by atoms with Crippen molar-refractivity contribution in [1.29, 1.82) is 0 Å². The summed E-state index contributed by atoms with van der Waals surface area (Å²) in [5.74, 6) is 3.78. The molecule has 0 amide bonds. The van der Waals surface area contributed by atoms with Crippen LogP contribution in [0.3, 0.4) is 0 Å². The van der Waals surface area contributed by atoms with Gasteiger partial charge in [0.25, 0.3) is 0 Å². The first kappa shape index (κ1) is 8.77. The molecule has 82 valence electrons. The van der Waals surface area contributed by atoms with E-state index < -0.39 is 0 Å². The molecule has 15 heavy (non-hydrogen) atoms. The molecule has 0 aromatic heterocycles. The van der Waals surface area contributed by atoms with Gasteiger partial charge in [0.1, 0.15) is 0 Å². The Kier molecular flexibility index (Phi) is 1.56. The molecule has 4 aliphatic rings.